The molecule has 7 heteroatoms. The predicted octanol–water partition coefficient (Wildman–Crippen LogP) is 1.75. The van der Waals surface area contributed by atoms with Crippen molar-refractivity contribution in [1.29, 1.82) is 0 Å². The Morgan fingerprint density at radius 1 is 1.22 bits per heavy atom. The van der Waals surface area contributed by atoms with Gasteiger partial charge in [0.1, 0.15) is 0 Å². The summed E-state index contributed by atoms with van der Waals surface area (Å²) in [5, 5.41) is 9.29. The van der Waals surface area contributed by atoms with Crippen LogP contribution in [0.1, 0.15) is 40.0 Å². The molecule has 0 radical (unpaired) electrons. The molecule has 0 unspecified atom stereocenters. The van der Waals surface area contributed by atoms with Crippen LogP contribution in [0.4, 0.5) is 0 Å². The first kappa shape index (κ1) is 22.4. The lowest BCUT2D eigenvalue weighted by Gasteiger charge is -2.12. The number of hydrogen-bond donors (Lipinski definition) is 3. The Bertz CT molecular complexity index is 347. The van der Waals surface area contributed by atoms with Crippen LogP contribution < -0.4 is 16.0 Å². The van der Waals surface area contributed by atoms with Crippen molar-refractivity contribution < 1.29 is 9.53 Å². The quantitative estimate of drug-likeness (QED) is 0.198. The Balaban J connectivity index is 0.00000484. The van der Waals surface area contributed by atoms with Crippen molar-refractivity contribution in [3.05, 3.63) is 0 Å². The monoisotopic (exact) mass is 440 g/mol. The van der Waals surface area contributed by atoms with Crippen LogP contribution in [0.3, 0.4) is 0 Å². The van der Waals surface area contributed by atoms with Gasteiger partial charge in [-0.3, -0.25) is 9.79 Å². The van der Waals surface area contributed by atoms with Gasteiger partial charge in [-0.05, 0) is 32.1 Å². The average molecular weight is 440 g/mol. The number of hydrogen-bond acceptors (Lipinski definition) is 3. The van der Waals surface area contributed by atoms with Crippen molar-refractivity contribution in [2.45, 2.75) is 40.0 Å². The zero-order valence-corrected chi connectivity index (χ0v) is 17.0. The van der Waals surface area contributed by atoms with E-state index in [1.54, 1.807) is 0 Å². The third-order valence-corrected chi connectivity index (χ3v) is 3.35. The van der Waals surface area contributed by atoms with E-state index >= 15 is 0 Å². The molecular formula is C16H33IN4O2. The molecule has 0 atom stereocenters. The van der Waals surface area contributed by atoms with Gasteiger partial charge in [0.15, 0.2) is 5.96 Å². The minimum atomic E-state index is 0. The lowest BCUT2D eigenvalue weighted by Crippen LogP contribution is -2.42. The largest absolute Gasteiger partial charge is 0.381 e. The van der Waals surface area contributed by atoms with Crippen molar-refractivity contribution in [3.8, 4) is 0 Å². The van der Waals surface area contributed by atoms with Crippen LogP contribution in [0.25, 0.3) is 0 Å². The fourth-order valence-electron chi connectivity index (χ4n) is 1.80. The molecule has 1 rings (SSSR count). The lowest BCUT2D eigenvalue weighted by atomic mass is 10.2. The molecule has 3 N–H and O–H groups in total. The molecule has 0 saturated heterocycles. The molecular weight excluding hydrogens is 407 g/mol. The van der Waals surface area contributed by atoms with Crippen molar-refractivity contribution in [3.63, 3.8) is 0 Å². The first-order valence-corrected chi connectivity index (χ1v) is 8.51. The van der Waals surface area contributed by atoms with Crippen LogP contribution in [0.2, 0.25) is 0 Å². The van der Waals surface area contributed by atoms with Crippen molar-refractivity contribution >= 4 is 35.8 Å². The third kappa shape index (κ3) is 12.5. The number of carbonyl (C=O) groups is 1. The van der Waals surface area contributed by atoms with Gasteiger partial charge >= 0.3 is 0 Å². The summed E-state index contributed by atoms with van der Waals surface area (Å²) in [5.74, 6) is 1.72. The van der Waals surface area contributed by atoms with Gasteiger partial charge in [-0.15, -0.1) is 24.0 Å². The number of nitrogens with zero attached hydrogens (tertiary/aromatic N) is 1. The molecule has 0 bridgehead atoms. The molecule has 6 nitrogen and oxygen atoms in total. The number of aliphatic imine (C=N–C) groups is 1. The van der Waals surface area contributed by atoms with Crippen LogP contribution in [0, 0.1) is 11.8 Å². The van der Waals surface area contributed by atoms with E-state index in [2.05, 4.69) is 20.9 Å². The first-order valence-electron chi connectivity index (χ1n) is 8.51. The number of amides is 1. The van der Waals surface area contributed by atoms with Gasteiger partial charge in [-0.1, -0.05) is 13.8 Å². The summed E-state index contributed by atoms with van der Waals surface area (Å²) in [6.45, 7) is 10.4. The zero-order valence-electron chi connectivity index (χ0n) is 14.7. The van der Waals surface area contributed by atoms with Gasteiger partial charge in [-0.2, -0.15) is 0 Å². The molecule has 1 aliphatic carbocycles. The van der Waals surface area contributed by atoms with E-state index in [1.165, 1.54) is 12.8 Å². The number of rotatable bonds is 11. The molecule has 0 aromatic carbocycles. The standard InChI is InChI=1S/C16H32N4O2.HI/c1-4-17-16(20-10-9-18-15(21)13(2)3)19-8-5-11-22-12-14-6-7-14;/h13-14H,4-12H2,1-3H3,(H,18,21)(H2,17,19,20);1H. The molecule has 1 fully saturated rings. The Morgan fingerprint density at radius 2 is 1.91 bits per heavy atom. The average Bonchev–Trinajstić information content (AvgIpc) is 3.30. The highest BCUT2D eigenvalue weighted by molar-refractivity contribution is 14.0. The number of nitrogens with one attached hydrogen (secondary N) is 3. The molecule has 0 aliphatic heterocycles. The van der Waals surface area contributed by atoms with Crippen LogP contribution >= 0.6 is 24.0 Å². The predicted molar refractivity (Wildman–Crippen MR) is 105 cm³/mol. The Labute approximate surface area is 157 Å². The maximum absolute atomic E-state index is 11.4. The van der Waals surface area contributed by atoms with E-state index in [9.17, 15) is 4.79 Å². The molecule has 0 aromatic rings. The van der Waals surface area contributed by atoms with Crippen molar-refractivity contribution in [1.82, 2.24) is 16.0 Å². The van der Waals surface area contributed by atoms with Gasteiger partial charge < -0.3 is 20.7 Å². The topological polar surface area (TPSA) is 74.8 Å². The van der Waals surface area contributed by atoms with E-state index in [4.69, 9.17) is 4.74 Å². The third-order valence-electron chi connectivity index (χ3n) is 3.35. The SMILES string of the molecule is CCNC(=NCCCOCC1CC1)NCCNC(=O)C(C)C.I. The van der Waals surface area contributed by atoms with Gasteiger partial charge in [0.25, 0.3) is 0 Å². The van der Waals surface area contributed by atoms with E-state index in [0.29, 0.717) is 13.1 Å². The summed E-state index contributed by atoms with van der Waals surface area (Å²) < 4.78 is 5.59. The summed E-state index contributed by atoms with van der Waals surface area (Å²) in [7, 11) is 0. The number of guanidine groups is 1. The van der Waals surface area contributed by atoms with E-state index in [0.717, 1.165) is 44.6 Å². The first-order chi connectivity index (χ1) is 10.6. The minimum absolute atomic E-state index is 0. The normalized spacial score (nSPS) is 14.3. The molecule has 1 amide bonds. The summed E-state index contributed by atoms with van der Waals surface area (Å²) in [5.41, 5.74) is 0. The summed E-state index contributed by atoms with van der Waals surface area (Å²) in [6.07, 6.45) is 3.60. The second kappa shape index (κ2) is 13.8. The second-order valence-corrected chi connectivity index (χ2v) is 6.01. The van der Waals surface area contributed by atoms with Crippen molar-refractivity contribution in [2.75, 3.05) is 39.4 Å². The Kier molecular flexibility index (Phi) is 13.5. The molecule has 0 spiro atoms. The molecule has 0 aromatic heterocycles. The smallest absolute Gasteiger partial charge is 0.222 e. The van der Waals surface area contributed by atoms with Gasteiger partial charge in [0.2, 0.25) is 5.91 Å². The molecule has 23 heavy (non-hydrogen) atoms. The summed E-state index contributed by atoms with van der Waals surface area (Å²) >= 11 is 0. The molecule has 136 valence electrons. The Morgan fingerprint density at radius 3 is 2.52 bits per heavy atom. The van der Waals surface area contributed by atoms with E-state index < -0.39 is 0 Å². The summed E-state index contributed by atoms with van der Waals surface area (Å²) in [6, 6.07) is 0. The highest BCUT2D eigenvalue weighted by atomic mass is 127. The lowest BCUT2D eigenvalue weighted by molar-refractivity contribution is -0.123. The second-order valence-electron chi connectivity index (χ2n) is 6.01. The molecule has 0 heterocycles. The van der Waals surface area contributed by atoms with E-state index in [1.807, 2.05) is 20.8 Å². The van der Waals surface area contributed by atoms with Crippen LogP contribution in [-0.4, -0.2) is 51.3 Å². The van der Waals surface area contributed by atoms with Crippen LogP contribution in [0.15, 0.2) is 4.99 Å². The van der Waals surface area contributed by atoms with Gasteiger partial charge in [-0.25, -0.2) is 0 Å². The van der Waals surface area contributed by atoms with E-state index in [-0.39, 0.29) is 35.8 Å². The Hall–Kier alpha value is -0.570. The maximum Gasteiger partial charge on any atom is 0.222 e. The number of ether oxygens (including phenoxy) is 1. The maximum atomic E-state index is 11.4. The van der Waals surface area contributed by atoms with Gasteiger partial charge in [0.05, 0.1) is 0 Å². The van der Waals surface area contributed by atoms with Crippen molar-refractivity contribution in [2.24, 2.45) is 16.8 Å². The fraction of sp³-hybridized carbons (Fsp3) is 0.875. The highest BCUT2D eigenvalue weighted by Gasteiger charge is 2.20. The number of halogens is 1. The summed E-state index contributed by atoms with van der Waals surface area (Å²) in [4.78, 5) is 15.9. The molecule has 1 saturated carbocycles. The molecule has 1 aliphatic rings. The zero-order chi connectivity index (χ0) is 16.2. The number of carbonyl (C=O) groups excluding carboxylic acids is 1. The van der Waals surface area contributed by atoms with Crippen LogP contribution in [-0.2, 0) is 9.53 Å². The van der Waals surface area contributed by atoms with Crippen LogP contribution in [0.5, 0.6) is 0 Å². The fourth-order valence-corrected chi connectivity index (χ4v) is 1.80. The van der Waals surface area contributed by atoms with Gasteiger partial charge in [0, 0.05) is 45.3 Å². The minimum Gasteiger partial charge on any atom is -0.381 e. The highest BCUT2D eigenvalue weighted by Crippen LogP contribution is 2.28.